The highest BCUT2D eigenvalue weighted by molar-refractivity contribution is 6.04. The summed E-state index contributed by atoms with van der Waals surface area (Å²) in [4.78, 5) is 27.4. The number of benzene rings is 2. The Balaban J connectivity index is 1.78. The topological polar surface area (TPSA) is 59.1 Å². The van der Waals surface area contributed by atoms with Crippen molar-refractivity contribution < 1.29 is 19.1 Å². The van der Waals surface area contributed by atoms with Gasteiger partial charge in [-0.2, -0.15) is 0 Å². The Bertz CT molecular complexity index is 823. The molecule has 146 valence electrons. The molecule has 2 saturated heterocycles. The van der Waals surface area contributed by atoms with E-state index in [1.54, 1.807) is 7.11 Å². The van der Waals surface area contributed by atoms with E-state index in [1.165, 1.54) is 0 Å². The number of aldehydes is 1. The van der Waals surface area contributed by atoms with Gasteiger partial charge in [0.1, 0.15) is 23.7 Å². The van der Waals surface area contributed by atoms with E-state index in [4.69, 9.17) is 9.47 Å². The van der Waals surface area contributed by atoms with Crippen molar-refractivity contribution in [3.63, 3.8) is 0 Å². The number of carbonyl (C=O) groups excluding carboxylic acids is 2. The average molecular weight is 379 g/mol. The molecule has 0 bridgehead atoms. The summed E-state index contributed by atoms with van der Waals surface area (Å²) in [6.45, 7) is 1.95. The van der Waals surface area contributed by atoms with Gasteiger partial charge < -0.3 is 14.3 Å². The average Bonchev–Trinajstić information content (AvgIpc) is 3.61. The fraction of sp³-hybridized carbons (Fsp3) is 0.391. The van der Waals surface area contributed by atoms with Crippen molar-refractivity contribution in [2.75, 3.05) is 26.8 Å². The molecule has 0 aromatic heterocycles. The largest absolute Gasteiger partial charge is 0.497 e. The van der Waals surface area contributed by atoms with E-state index >= 15 is 0 Å². The van der Waals surface area contributed by atoms with E-state index in [-0.39, 0.29) is 17.8 Å². The summed E-state index contributed by atoms with van der Waals surface area (Å²) in [5.41, 5.74) is 0.713. The number of methoxy groups -OCH3 is 1. The van der Waals surface area contributed by atoms with E-state index in [9.17, 15) is 9.59 Å². The van der Waals surface area contributed by atoms with E-state index in [2.05, 4.69) is 4.90 Å². The van der Waals surface area contributed by atoms with Gasteiger partial charge in [0.2, 0.25) is 0 Å². The first-order valence-corrected chi connectivity index (χ1v) is 9.76. The lowest BCUT2D eigenvalue weighted by atomic mass is 9.76. The van der Waals surface area contributed by atoms with Crippen LogP contribution in [0.4, 0.5) is 0 Å². The first-order valence-electron chi connectivity index (χ1n) is 9.76. The molecule has 5 nitrogen and oxygen atoms in total. The molecule has 2 unspecified atom stereocenters. The summed E-state index contributed by atoms with van der Waals surface area (Å²) in [7, 11) is 1.61. The van der Waals surface area contributed by atoms with Crippen molar-refractivity contribution in [2.24, 2.45) is 5.92 Å². The summed E-state index contributed by atoms with van der Waals surface area (Å²) < 4.78 is 11.0. The van der Waals surface area contributed by atoms with Gasteiger partial charge in [-0.25, -0.2) is 0 Å². The van der Waals surface area contributed by atoms with Crippen LogP contribution in [0.5, 0.6) is 5.75 Å². The monoisotopic (exact) mass is 379 g/mol. The molecule has 5 heteroatoms. The molecule has 2 aromatic rings. The third-order valence-electron chi connectivity index (χ3n) is 5.94. The van der Waals surface area contributed by atoms with Crippen LogP contribution in [0.2, 0.25) is 0 Å². The van der Waals surface area contributed by atoms with Crippen LogP contribution in [0.25, 0.3) is 0 Å². The van der Waals surface area contributed by atoms with E-state index in [0.717, 1.165) is 30.4 Å². The number of carbonyl (C=O) groups is 2. The molecule has 0 aliphatic carbocycles. The van der Waals surface area contributed by atoms with Crippen LogP contribution in [0.1, 0.15) is 28.8 Å². The summed E-state index contributed by atoms with van der Waals surface area (Å²) in [5.74, 6) is 0.825. The molecule has 2 aliphatic heterocycles. The molecule has 2 atom stereocenters. The number of nitrogens with zero attached hydrogens (tertiary/aromatic N) is 1. The predicted molar refractivity (Wildman–Crippen MR) is 106 cm³/mol. The van der Waals surface area contributed by atoms with Gasteiger partial charge in [-0.3, -0.25) is 9.69 Å². The number of Topliss-reactive ketones (excluding diaryl/α,β-unsaturated/α-hetero) is 1. The van der Waals surface area contributed by atoms with Gasteiger partial charge in [0.05, 0.1) is 13.7 Å². The van der Waals surface area contributed by atoms with Gasteiger partial charge in [0.15, 0.2) is 5.78 Å². The van der Waals surface area contributed by atoms with Crippen LogP contribution < -0.4 is 4.74 Å². The summed E-state index contributed by atoms with van der Waals surface area (Å²) >= 11 is 0. The normalized spacial score (nSPS) is 22.2. The Kier molecular flexibility index (Phi) is 5.29. The van der Waals surface area contributed by atoms with Crippen molar-refractivity contribution in [3.05, 3.63) is 65.7 Å². The molecular formula is C23H25NO4. The molecule has 0 radical (unpaired) electrons. The highest BCUT2D eigenvalue weighted by atomic mass is 16.6. The fourth-order valence-corrected chi connectivity index (χ4v) is 4.33. The zero-order valence-electron chi connectivity index (χ0n) is 16.0. The predicted octanol–water partition coefficient (Wildman–Crippen LogP) is 3.08. The van der Waals surface area contributed by atoms with Crippen LogP contribution in [-0.2, 0) is 15.1 Å². The summed E-state index contributed by atoms with van der Waals surface area (Å²) in [5, 5.41) is 0. The number of hydrogen-bond donors (Lipinski definition) is 0. The van der Waals surface area contributed by atoms with Crippen molar-refractivity contribution in [1.82, 2.24) is 4.90 Å². The van der Waals surface area contributed by atoms with Gasteiger partial charge in [-0.1, -0.05) is 30.3 Å². The Labute approximate surface area is 165 Å². The quantitative estimate of drug-likeness (QED) is 0.420. The fourth-order valence-electron chi connectivity index (χ4n) is 4.33. The maximum absolute atomic E-state index is 14.0. The molecule has 0 saturated carbocycles. The minimum atomic E-state index is -0.871. The van der Waals surface area contributed by atoms with Crippen LogP contribution in [0.15, 0.2) is 54.6 Å². The highest BCUT2D eigenvalue weighted by Crippen LogP contribution is 2.44. The van der Waals surface area contributed by atoms with Crippen LogP contribution >= 0.6 is 0 Å². The Morgan fingerprint density at radius 1 is 1.11 bits per heavy atom. The lowest BCUT2D eigenvalue weighted by Crippen LogP contribution is -2.58. The zero-order valence-corrected chi connectivity index (χ0v) is 16.0. The molecule has 0 spiro atoms. The Morgan fingerprint density at radius 2 is 1.75 bits per heavy atom. The molecule has 2 fully saturated rings. The molecule has 28 heavy (non-hydrogen) atoms. The standard InChI is InChI=1S/C23H25NO4/c1-27-20-9-7-18(8-10-20)22(26)23(21-16-28-21,19-5-3-2-4-6-19)24-13-11-17(15-25)12-14-24/h2-10,15,17,21H,11-14,16H2,1H3. The minimum absolute atomic E-state index is 0.0356. The van der Waals surface area contributed by atoms with Crippen LogP contribution in [0.3, 0.4) is 0 Å². The molecule has 2 aliphatic rings. The second-order valence-corrected chi connectivity index (χ2v) is 7.47. The van der Waals surface area contributed by atoms with Gasteiger partial charge >= 0.3 is 0 Å². The minimum Gasteiger partial charge on any atom is -0.497 e. The first-order chi connectivity index (χ1) is 13.7. The number of hydrogen-bond acceptors (Lipinski definition) is 5. The van der Waals surface area contributed by atoms with E-state index in [1.807, 2.05) is 54.6 Å². The van der Waals surface area contributed by atoms with Crippen molar-refractivity contribution in [2.45, 2.75) is 24.5 Å². The van der Waals surface area contributed by atoms with E-state index in [0.29, 0.717) is 25.3 Å². The van der Waals surface area contributed by atoms with Crippen molar-refractivity contribution in [3.8, 4) is 5.75 Å². The molecule has 0 amide bonds. The maximum atomic E-state index is 14.0. The second-order valence-electron chi connectivity index (χ2n) is 7.47. The smallest absolute Gasteiger partial charge is 0.190 e. The summed E-state index contributed by atoms with van der Waals surface area (Å²) in [6.07, 6.45) is 2.39. The van der Waals surface area contributed by atoms with Gasteiger partial charge in [-0.05, 0) is 42.7 Å². The summed E-state index contributed by atoms with van der Waals surface area (Å²) in [6, 6.07) is 17.2. The number of likely N-dealkylation sites (tertiary alicyclic amines) is 1. The van der Waals surface area contributed by atoms with Gasteiger partial charge in [0, 0.05) is 24.6 Å². The molecule has 0 N–H and O–H groups in total. The van der Waals surface area contributed by atoms with Crippen LogP contribution in [-0.4, -0.2) is 49.9 Å². The molecule has 4 rings (SSSR count). The first kappa shape index (κ1) is 18.8. The third-order valence-corrected chi connectivity index (χ3v) is 5.94. The molecular weight excluding hydrogens is 354 g/mol. The SMILES string of the molecule is COc1ccc(C(=O)C(c2ccccc2)(C2CO2)N2CCC(C=O)CC2)cc1. The second kappa shape index (κ2) is 7.86. The van der Waals surface area contributed by atoms with Crippen molar-refractivity contribution in [1.29, 1.82) is 0 Å². The molecule has 2 aromatic carbocycles. The Morgan fingerprint density at radius 3 is 2.29 bits per heavy atom. The third kappa shape index (κ3) is 3.25. The lowest BCUT2D eigenvalue weighted by molar-refractivity contribution is -0.112. The maximum Gasteiger partial charge on any atom is 0.190 e. The Hall–Kier alpha value is -2.50. The van der Waals surface area contributed by atoms with E-state index < -0.39 is 5.54 Å². The number of rotatable bonds is 7. The van der Waals surface area contributed by atoms with Crippen molar-refractivity contribution >= 4 is 12.1 Å². The van der Waals surface area contributed by atoms with Gasteiger partial charge in [0.25, 0.3) is 0 Å². The zero-order chi connectivity index (χ0) is 19.6. The van der Waals surface area contributed by atoms with Crippen LogP contribution in [0, 0.1) is 5.92 Å². The highest BCUT2D eigenvalue weighted by Gasteiger charge is 2.57. The lowest BCUT2D eigenvalue weighted by Gasteiger charge is -2.45. The molecule has 2 heterocycles. The van der Waals surface area contributed by atoms with Gasteiger partial charge in [-0.15, -0.1) is 0 Å². The number of epoxide rings is 1. The number of ketones is 1. The number of ether oxygens (including phenoxy) is 2. The number of piperidine rings is 1.